The molecule has 1 aliphatic rings. The predicted molar refractivity (Wildman–Crippen MR) is 88.1 cm³/mol. The lowest BCUT2D eigenvalue weighted by Crippen LogP contribution is -2.41. The summed E-state index contributed by atoms with van der Waals surface area (Å²) >= 11 is 0. The van der Waals surface area contributed by atoms with Crippen molar-refractivity contribution in [2.45, 2.75) is 20.3 Å². The van der Waals surface area contributed by atoms with Crippen molar-refractivity contribution in [1.82, 2.24) is 14.9 Å². The van der Waals surface area contributed by atoms with Gasteiger partial charge in [-0.05, 0) is 36.5 Å². The van der Waals surface area contributed by atoms with Gasteiger partial charge in [-0.25, -0.2) is 4.98 Å². The number of benzene rings is 1. The molecule has 4 heteroatoms. The Morgan fingerprint density at radius 3 is 2.59 bits per heavy atom. The smallest absolute Gasteiger partial charge is 0.246 e. The van der Waals surface area contributed by atoms with Crippen LogP contribution in [0.5, 0.6) is 0 Å². The zero-order chi connectivity index (χ0) is 15.5. The molecule has 0 radical (unpaired) electrons. The van der Waals surface area contributed by atoms with Crippen molar-refractivity contribution in [1.29, 1.82) is 0 Å². The number of nitrogens with zero attached hydrogens (tertiary/aromatic N) is 3. The number of carbonyl (C=O) groups excluding carboxylic acids is 1. The first-order chi connectivity index (χ1) is 10.6. The first kappa shape index (κ1) is 14.7. The van der Waals surface area contributed by atoms with Crippen molar-refractivity contribution in [3.05, 3.63) is 42.2 Å². The lowest BCUT2D eigenvalue weighted by molar-refractivity contribution is -0.128. The van der Waals surface area contributed by atoms with Crippen molar-refractivity contribution >= 4 is 23.0 Å². The van der Waals surface area contributed by atoms with Gasteiger partial charge in [-0.15, -0.1) is 0 Å². The van der Waals surface area contributed by atoms with E-state index in [0.29, 0.717) is 17.5 Å². The van der Waals surface area contributed by atoms with Gasteiger partial charge in [0.15, 0.2) is 0 Å². The van der Waals surface area contributed by atoms with E-state index in [0.717, 1.165) is 24.1 Å². The summed E-state index contributed by atoms with van der Waals surface area (Å²) in [5.41, 5.74) is 2.42. The number of fused-ring (bicyclic) bond motifs is 1. The third kappa shape index (κ3) is 3.32. The molecule has 1 aromatic heterocycles. The van der Waals surface area contributed by atoms with Crippen molar-refractivity contribution in [3.63, 3.8) is 0 Å². The molecule has 2 heterocycles. The summed E-state index contributed by atoms with van der Waals surface area (Å²) in [6.45, 7) is 6.09. The molecule has 1 aliphatic heterocycles. The van der Waals surface area contributed by atoms with E-state index < -0.39 is 0 Å². The Bertz CT molecular complexity index is 700. The van der Waals surface area contributed by atoms with Gasteiger partial charge in [0.25, 0.3) is 0 Å². The minimum absolute atomic E-state index is 0.0633. The molecule has 0 N–H and O–H groups in total. The Labute approximate surface area is 130 Å². The SMILES string of the molecule is CC1CC(C)CN(C(=O)/C=C/c2cnc3ccccc3n2)C1. The number of aromatic nitrogens is 2. The van der Waals surface area contributed by atoms with E-state index in [1.54, 1.807) is 18.3 Å². The second kappa shape index (κ2) is 6.26. The van der Waals surface area contributed by atoms with Gasteiger partial charge in [0.1, 0.15) is 0 Å². The van der Waals surface area contributed by atoms with Crippen LogP contribution >= 0.6 is 0 Å². The topological polar surface area (TPSA) is 46.1 Å². The second-order valence-electron chi connectivity index (χ2n) is 6.31. The summed E-state index contributed by atoms with van der Waals surface area (Å²) in [6, 6.07) is 7.73. The highest BCUT2D eigenvalue weighted by molar-refractivity contribution is 5.91. The van der Waals surface area contributed by atoms with E-state index in [1.807, 2.05) is 29.2 Å². The number of hydrogen-bond donors (Lipinski definition) is 0. The molecule has 2 aromatic rings. The maximum absolute atomic E-state index is 12.3. The fourth-order valence-corrected chi connectivity index (χ4v) is 3.16. The molecule has 0 spiro atoms. The van der Waals surface area contributed by atoms with Gasteiger partial charge >= 0.3 is 0 Å². The first-order valence-electron chi connectivity index (χ1n) is 7.80. The first-order valence-corrected chi connectivity index (χ1v) is 7.80. The van der Waals surface area contributed by atoms with Gasteiger partial charge in [-0.1, -0.05) is 26.0 Å². The lowest BCUT2D eigenvalue weighted by Gasteiger charge is -2.34. The summed E-state index contributed by atoms with van der Waals surface area (Å²) in [4.78, 5) is 23.1. The number of carbonyl (C=O) groups is 1. The predicted octanol–water partition coefficient (Wildman–Crippen LogP) is 3.15. The van der Waals surface area contributed by atoms with E-state index in [-0.39, 0.29) is 5.91 Å². The molecule has 2 unspecified atom stereocenters. The van der Waals surface area contributed by atoms with E-state index in [1.165, 1.54) is 6.42 Å². The molecule has 1 amide bonds. The van der Waals surface area contributed by atoms with Crippen molar-refractivity contribution in [3.8, 4) is 0 Å². The third-order valence-corrected chi connectivity index (χ3v) is 4.04. The van der Waals surface area contributed by atoms with Crippen molar-refractivity contribution < 1.29 is 4.79 Å². The van der Waals surface area contributed by atoms with Crippen LogP contribution in [0.4, 0.5) is 0 Å². The van der Waals surface area contributed by atoms with Gasteiger partial charge in [-0.3, -0.25) is 9.78 Å². The maximum atomic E-state index is 12.3. The summed E-state index contributed by atoms with van der Waals surface area (Å²) < 4.78 is 0. The summed E-state index contributed by atoms with van der Waals surface area (Å²) in [5, 5.41) is 0. The summed E-state index contributed by atoms with van der Waals surface area (Å²) in [5.74, 6) is 1.21. The number of likely N-dealkylation sites (tertiary alicyclic amines) is 1. The van der Waals surface area contributed by atoms with Gasteiger partial charge in [-0.2, -0.15) is 0 Å². The Kier molecular flexibility index (Phi) is 4.18. The standard InChI is InChI=1S/C18H21N3O/c1-13-9-14(2)12-21(11-13)18(22)8-7-15-10-19-16-5-3-4-6-17(16)20-15/h3-8,10,13-14H,9,11-12H2,1-2H3/b8-7+. The van der Waals surface area contributed by atoms with Crippen LogP contribution in [0.25, 0.3) is 17.1 Å². The van der Waals surface area contributed by atoms with Gasteiger partial charge in [0.2, 0.25) is 5.91 Å². The second-order valence-corrected chi connectivity index (χ2v) is 6.31. The Morgan fingerprint density at radius 2 is 1.86 bits per heavy atom. The lowest BCUT2D eigenvalue weighted by atomic mass is 9.92. The average molecular weight is 295 g/mol. The number of para-hydroxylation sites is 2. The van der Waals surface area contributed by atoms with Gasteiger partial charge in [0, 0.05) is 19.2 Å². The molecular formula is C18H21N3O. The summed E-state index contributed by atoms with van der Waals surface area (Å²) in [6.07, 6.45) is 6.27. The number of amides is 1. The highest BCUT2D eigenvalue weighted by Gasteiger charge is 2.23. The molecule has 3 rings (SSSR count). The minimum Gasteiger partial charge on any atom is -0.339 e. The third-order valence-electron chi connectivity index (χ3n) is 4.04. The van der Waals surface area contributed by atoms with Crippen LogP contribution in [-0.2, 0) is 4.79 Å². The van der Waals surface area contributed by atoms with Crippen LogP contribution in [-0.4, -0.2) is 33.9 Å². The number of piperidine rings is 1. The number of hydrogen-bond acceptors (Lipinski definition) is 3. The molecule has 2 atom stereocenters. The van der Waals surface area contributed by atoms with E-state index >= 15 is 0 Å². The Hall–Kier alpha value is -2.23. The van der Waals surface area contributed by atoms with Crippen LogP contribution in [0.3, 0.4) is 0 Å². The fraction of sp³-hybridized carbons (Fsp3) is 0.389. The van der Waals surface area contributed by atoms with Crippen LogP contribution in [0.1, 0.15) is 26.0 Å². The molecule has 1 aromatic carbocycles. The largest absolute Gasteiger partial charge is 0.339 e. The Morgan fingerprint density at radius 1 is 1.18 bits per heavy atom. The Balaban J connectivity index is 1.73. The average Bonchev–Trinajstić information content (AvgIpc) is 2.51. The van der Waals surface area contributed by atoms with E-state index in [4.69, 9.17) is 0 Å². The molecule has 0 aliphatic carbocycles. The molecule has 0 bridgehead atoms. The molecule has 4 nitrogen and oxygen atoms in total. The quantitative estimate of drug-likeness (QED) is 0.800. The molecule has 1 fully saturated rings. The van der Waals surface area contributed by atoms with E-state index in [2.05, 4.69) is 23.8 Å². The maximum Gasteiger partial charge on any atom is 0.246 e. The molecule has 22 heavy (non-hydrogen) atoms. The van der Waals surface area contributed by atoms with Crippen molar-refractivity contribution in [2.24, 2.45) is 11.8 Å². The monoisotopic (exact) mass is 295 g/mol. The fourth-order valence-electron chi connectivity index (χ4n) is 3.16. The van der Waals surface area contributed by atoms with Gasteiger partial charge in [0.05, 0.1) is 22.9 Å². The van der Waals surface area contributed by atoms with E-state index in [9.17, 15) is 4.79 Å². The number of rotatable bonds is 2. The normalized spacial score (nSPS) is 22.4. The minimum atomic E-state index is 0.0633. The van der Waals surface area contributed by atoms with Crippen LogP contribution in [0, 0.1) is 11.8 Å². The highest BCUT2D eigenvalue weighted by Crippen LogP contribution is 2.21. The highest BCUT2D eigenvalue weighted by atomic mass is 16.2. The van der Waals surface area contributed by atoms with Crippen LogP contribution in [0.2, 0.25) is 0 Å². The summed E-state index contributed by atoms with van der Waals surface area (Å²) in [7, 11) is 0. The van der Waals surface area contributed by atoms with Crippen molar-refractivity contribution in [2.75, 3.05) is 13.1 Å². The molecule has 114 valence electrons. The zero-order valence-corrected chi connectivity index (χ0v) is 13.1. The molecular weight excluding hydrogens is 274 g/mol. The van der Waals surface area contributed by atoms with Crippen LogP contribution < -0.4 is 0 Å². The molecule has 1 saturated heterocycles. The zero-order valence-electron chi connectivity index (χ0n) is 13.1. The van der Waals surface area contributed by atoms with Crippen LogP contribution in [0.15, 0.2) is 36.5 Å². The van der Waals surface area contributed by atoms with Gasteiger partial charge < -0.3 is 4.90 Å². The molecule has 0 saturated carbocycles.